The molecule has 0 radical (unpaired) electrons. The number of halogens is 3. The van der Waals surface area contributed by atoms with E-state index in [2.05, 4.69) is 0 Å². The van der Waals surface area contributed by atoms with Crippen molar-refractivity contribution in [3.05, 3.63) is 52.2 Å². The van der Waals surface area contributed by atoms with Gasteiger partial charge in [-0.05, 0) is 29.6 Å². The van der Waals surface area contributed by atoms with E-state index in [9.17, 15) is 18.3 Å². The number of hydrogen-bond acceptors (Lipinski definition) is 3. The lowest BCUT2D eigenvalue weighted by Crippen LogP contribution is -2.09. The van der Waals surface area contributed by atoms with Gasteiger partial charge in [0.1, 0.15) is 18.5 Å². The second kappa shape index (κ2) is 5.63. The molecule has 1 N–H and O–H groups in total. The largest absolute Gasteiger partial charge is 0.490 e. The smallest absolute Gasteiger partial charge is 0.416 e. The number of hydrogen-bond donors (Lipinski definition) is 1. The van der Waals surface area contributed by atoms with Crippen LogP contribution in [0.15, 0.2) is 41.8 Å². The van der Waals surface area contributed by atoms with Crippen LogP contribution >= 0.6 is 11.3 Å². The van der Waals surface area contributed by atoms with Crippen LogP contribution in [0.4, 0.5) is 13.2 Å². The fourth-order valence-corrected chi connectivity index (χ4v) is 2.20. The lowest BCUT2D eigenvalue weighted by Gasteiger charge is -2.12. The summed E-state index contributed by atoms with van der Waals surface area (Å²) in [5, 5.41) is 11.6. The molecule has 0 saturated carbocycles. The van der Waals surface area contributed by atoms with Crippen LogP contribution in [-0.4, -0.2) is 11.7 Å². The fourth-order valence-electron chi connectivity index (χ4n) is 1.50. The Bertz CT molecular complexity index is 523. The van der Waals surface area contributed by atoms with Gasteiger partial charge in [-0.3, -0.25) is 0 Å². The monoisotopic (exact) mass is 288 g/mol. The third-order valence-electron chi connectivity index (χ3n) is 2.44. The van der Waals surface area contributed by atoms with Crippen molar-refractivity contribution in [1.82, 2.24) is 0 Å². The topological polar surface area (TPSA) is 29.5 Å². The van der Waals surface area contributed by atoms with E-state index in [1.54, 1.807) is 12.1 Å². The van der Waals surface area contributed by atoms with Crippen molar-refractivity contribution in [3.63, 3.8) is 0 Å². The first kappa shape index (κ1) is 13.9. The summed E-state index contributed by atoms with van der Waals surface area (Å²) in [6.45, 7) is -0.0815. The predicted octanol–water partition coefficient (Wildman–Crippen LogP) is 3.88. The molecule has 0 amide bonds. The third kappa shape index (κ3) is 3.71. The molecule has 1 aromatic carbocycles. The summed E-state index contributed by atoms with van der Waals surface area (Å²) in [4.78, 5) is 0.715. The molecule has 2 nitrogen and oxygen atoms in total. The third-order valence-corrected chi connectivity index (χ3v) is 3.41. The van der Waals surface area contributed by atoms with Crippen molar-refractivity contribution in [2.75, 3.05) is 6.61 Å². The maximum absolute atomic E-state index is 12.5. The lowest BCUT2D eigenvalue weighted by atomic mass is 10.2. The molecule has 1 unspecified atom stereocenters. The van der Waals surface area contributed by atoms with E-state index in [-0.39, 0.29) is 12.4 Å². The molecule has 0 spiro atoms. The normalized spacial score (nSPS) is 13.3. The molecule has 1 atom stereocenters. The van der Waals surface area contributed by atoms with Gasteiger partial charge >= 0.3 is 6.18 Å². The minimum Gasteiger partial charge on any atom is -0.490 e. The zero-order chi connectivity index (χ0) is 13.9. The van der Waals surface area contributed by atoms with Gasteiger partial charge in [0, 0.05) is 4.88 Å². The number of aliphatic hydroxyl groups excluding tert-OH is 1. The van der Waals surface area contributed by atoms with Crippen LogP contribution < -0.4 is 4.74 Å². The SMILES string of the molecule is OC(COc1cccc(C(F)(F)F)c1)c1cccs1. The molecule has 2 aromatic rings. The van der Waals surface area contributed by atoms with Crippen molar-refractivity contribution >= 4 is 11.3 Å². The Hall–Kier alpha value is -1.53. The summed E-state index contributed by atoms with van der Waals surface area (Å²) < 4.78 is 42.6. The summed E-state index contributed by atoms with van der Waals surface area (Å²) in [5.41, 5.74) is -0.768. The molecule has 0 saturated heterocycles. The first-order chi connectivity index (χ1) is 8.97. The maximum atomic E-state index is 12.5. The highest BCUT2D eigenvalue weighted by molar-refractivity contribution is 7.10. The van der Waals surface area contributed by atoms with E-state index in [1.807, 2.05) is 5.38 Å². The predicted molar refractivity (Wildman–Crippen MR) is 66.2 cm³/mol. The molecular formula is C13H11F3O2S. The minimum atomic E-state index is -4.40. The molecule has 2 rings (SSSR count). The molecule has 1 heterocycles. The first-order valence-electron chi connectivity index (χ1n) is 5.48. The molecular weight excluding hydrogens is 277 g/mol. The van der Waals surface area contributed by atoms with Crippen molar-refractivity contribution in [1.29, 1.82) is 0 Å². The number of rotatable bonds is 4. The molecule has 0 fully saturated rings. The summed E-state index contributed by atoms with van der Waals surface area (Å²) in [6, 6.07) is 8.12. The standard InChI is InChI=1S/C13H11F3O2S/c14-13(15,16)9-3-1-4-10(7-9)18-8-11(17)12-5-2-6-19-12/h1-7,11,17H,8H2. The summed E-state index contributed by atoms with van der Waals surface area (Å²) >= 11 is 1.36. The number of alkyl halides is 3. The Morgan fingerprint density at radius 1 is 1.21 bits per heavy atom. The quantitative estimate of drug-likeness (QED) is 0.925. The van der Waals surface area contributed by atoms with Gasteiger partial charge in [-0.2, -0.15) is 13.2 Å². The summed E-state index contributed by atoms with van der Waals surface area (Å²) in [5.74, 6) is 0.0884. The average molecular weight is 288 g/mol. The molecule has 102 valence electrons. The molecule has 0 aliphatic rings. The Morgan fingerprint density at radius 3 is 2.63 bits per heavy atom. The summed E-state index contributed by atoms with van der Waals surface area (Å²) in [6.07, 6.45) is -5.24. The highest BCUT2D eigenvalue weighted by Crippen LogP contribution is 2.31. The molecule has 19 heavy (non-hydrogen) atoms. The van der Waals surface area contributed by atoms with Crippen molar-refractivity contribution < 1.29 is 23.0 Å². The van der Waals surface area contributed by atoms with Gasteiger partial charge in [0.15, 0.2) is 0 Å². The van der Waals surface area contributed by atoms with E-state index in [1.165, 1.54) is 23.5 Å². The molecule has 0 aliphatic carbocycles. The van der Waals surface area contributed by atoms with Gasteiger partial charge in [-0.1, -0.05) is 12.1 Å². The van der Waals surface area contributed by atoms with Gasteiger partial charge < -0.3 is 9.84 Å². The second-order valence-corrected chi connectivity index (χ2v) is 4.85. The Morgan fingerprint density at radius 2 is 2.00 bits per heavy atom. The number of thiophene rings is 1. The fraction of sp³-hybridized carbons (Fsp3) is 0.231. The highest BCUT2D eigenvalue weighted by atomic mass is 32.1. The Kier molecular flexibility index (Phi) is 4.11. The second-order valence-electron chi connectivity index (χ2n) is 3.87. The van der Waals surface area contributed by atoms with Gasteiger partial charge in [0.2, 0.25) is 0 Å². The average Bonchev–Trinajstić information content (AvgIpc) is 2.89. The summed E-state index contributed by atoms with van der Waals surface area (Å²) in [7, 11) is 0. The Balaban J connectivity index is 2.00. The lowest BCUT2D eigenvalue weighted by molar-refractivity contribution is -0.137. The highest BCUT2D eigenvalue weighted by Gasteiger charge is 2.30. The minimum absolute atomic E-state index is 0.0815. The molecule has 0 aliphatic heterocycles. The number of ether oxygens (including phenoxy) is 1. The zero-order valence-electron chi connectivity index (χ0n) is 9.72. The van der Waals surface area contributed by atoms with Gasteiger partial charge in [0.05, 0.1) is 5.56 Å². The van der Waals surface area contributed by atoms with Crippen molar-refractivity contribution in [3.8, 4) is 5.75 Å². The van der Waals surface area contributed by atoms with E-state index in [0.29, 0.717) is 4.88 Å². The van der Waals surface area contributed by atoms with Gasteiger partial charge in [-0.15, -0.1) is 11.3 Å². The zero-order valence-corrected chi connectivity index (χ0v) is 10.5. The Labute approximate surface area is 112 Å². The van der Waals surface area contributed by atoms with Crippen molar-refractivity contribution in [2.45, 2.75) is 12.3 Å². The van der Waals surface area contributed by atoms with E-state index in [4.69, 9.17) is 4.74 Å². The number of aliphatic hydroxyl groups is 1. The van der Waals surface area contributed by atoms with E-state index in [0.717, 1.165) is 12.1 Å². The first-order valence-corrected chi connectivity index (χ1v) is 6.36. The van der Waals surface area contributed by atoms with Crippen molar-refractivity contribution in [2.24, 2.45) is 0 Å². The van der Waals surface area contributed by atoms with Crippen LogP contribution in [0, 0.1) is 0 Å². The van der Waals surface area contributed by atoms with Crippen LogP contribution in [0.25, 0.3) is 0 Å². The van der Waals surface area contributed by atoms with Crippen LogP contribution in [0.5, 0.6) is 5.75 Å². The maximum Gasteiger partial charge on any atom is 0.416 e. The van der Waals surface area contributed by atoms with E-state index < -0.39 is 17.8 Å². The van der Waals surface area contributed by atoms with Crippen LogP contribution in [0.1, 0.15) is 16.5 Å². The van der Waals surface area contributed by atoms with Crippen LogP contribution in [0.2, 0.25) is 0 Å². The van der Waals surface area contributed by atoms with Crippen LogP contribution in [0.3, 0.4) is 0 Å². The van der Waals surface area contributed by atoms with Gasteiger partial charge in [0.25, 0.3) is 0 Å². The van der Waals surface area contributed by atoms with Crippen LogP contribution in [-0.2, 0) is 6.18 Å². The molecule has 6 heteroatoms. The molecule has 0 bridgehead atoms. The van der Waals surface area contributed by atoms with Gasteiger partial charge in [-0.25, -0.2) is 0 Å². The van der Waals surface area contributed by atoms with E-state index >= 15 is 0 Å². The number of benzene rings is 1. The molecule has 1 aromatic heterocycles.